The van der Waals surface area contributed by atoms with E-state index < -0.39 is 0 Å². The second-order valence-electron chi connectivity index (χ2n) is 1.97. The molecule has 0 saturated heterocycles. The number of nitrogens with zero attached hydrogens (tertiary/aromatic N) is 2. The van der Waals surface area contributed by atoms with Gasteiger partial charge in [0.25, 0.3) is 0 Å². The van der Waals surface area contributed by atoms with E-state index in [4.69, 9.17) is 22.6 Å². The summed E-state index contributed by atoms with van der Waals surface area (Å²) < 4.78 is 0. The Morgan fingerprint density at radius 3 is 2.91 bits per heavy atom. The van der Waals surface area contributed by atoms with E-state index in [9.17, 15) is 0 Å². The standard InChI is InChI=1S/C7H6ClN3/c8-6-1-5(2-9)4-11-7(6)3-10/h1,4H,3,10H2. The molecule has 1 rings (SSSR count). The Bertz CT molecular complexity index is 303. The lowest BCUT2D eigenvalue weighted by atomic mass is 10.3. The maximum Gasteiger partial charge on any atom is 0.101 e. The molecule has 0 aliphatic heterocycles. The van der Waals surface area contributed by atoms with E-state index in [1.165, 1.54) is 6.20 Å². The van der Waals surface area contributed by atoms with Crippen LogP contribution in [0.4, 0.5) is 0 Å². The van der Waals surface area contributed by atoms with Crippen molar-refractivity contribution < 1.29 is 0 Å². The highest BCUT2D eigenvalue weighted by Crippen LogP contribution is 2.13. The SMILES string of the molecule is N#Cc1cnc(CN)c(Cl)c1. The molecule has 2 N–H and O–H groups in total. The lowest BCUT2D eigenvalue weighted by Gasteiger charge is -1.97. The van der Waals surface area contributed by atoms with Crippen LogP contribution in [0.2, 0.25) is 5.02 Å². The molecule has 1 aromatic heterocycles. The highest BCUT2D eigenvalue weighted by atomic mass is 35.5. The van der Waals surface area contributed by atoms with E-state index in [-0.39, 0.29) is 0 Å². The van der Waals surface area contributed by atoms with E-state index in [1.54, 1.807) is 6.07 Å². The number of pyridine rings is 1. The Balaban J connectivity index is 3.12. The van der Waals surface area contributed by atoms with Crippen LogP contribution in [0, 0.1) is 11.3 Å². The van der Waals surface area contributed by atoms with Crippen LogP contribution in [-0.4, -0.2) is 4.98 Å². The van der Waals surface area contributed by atoms with Gasteiger partial charge in [0.1, 0.15) is 6.07 Å². The Morgan fingerprint density at radius 1 is 1.73 bits per heavy atom. The van der Waals surface area contributed by atoms with Crippen molar-refractivity contribution in [1.29, 1.82) is 5.26 Å². The first-order valence-electron chi connectivity index (χ1n) is 3.02. The van der Waals surface area contributed by atoms with E-state index >= 15 is 0 Å². The third-order valence-electron chi connectivity index (χ3n) is 1.24. The van der Waals surface area contributed by atoms with Crippen molar-refractivity contribution in [2.75, 3.05) is 0 Å². The van der Waals surface area contributed by atoms with Crippen LogP contribution in [0.1, 0.15) is 11.3 Å². The Labute approximate surface area is 69.4 Å². The third-order valence-corrected chi connectivity index (χ3v) is 1.57. The average Bonchev–Trinajstić information content (AvgIpc) is 2.04. The molecule has 0 fully saturated rings. The van der Waals surface area contributed by atoms with Crippen LogP contribution < -0.4 is 5.73 Å². The number of aromatic nitrogens is 1. The van der Waals surface area contributed by atoms with Gasteiger partial charge in [-0.25, -0.2) is 0 Å². The van der Waals surface area contributed by atoms with E-state index in [0.717, 1.165) is 0 Å². The molecule has 0 saturated carbocycles. The summed E-state index contributed by atoms with van der Waals surface area (Å²) in [6.07, 6.45) is 1.45. The molecule has 0 spiro atoms. The molecule has 56 valence electrons. The molecule has 0 aromatic carbocycles. The van der Waals surface area contributed by atoms with Gasteiger partial charge < -0.3 is 5.73 Å². The maximum atomic E-state index is 8.45. The summed E-state index contributed by atoms with van der Waals surface area (Å²) in [7, 11) is 0. The van der Waals surface area contributed by atoms with Crippen LogP contribution in [0.25, 0.3) is 0 Å². The number of hydrogen-bond acceptors (Lipinski definition) is 3. The zero-order valence-corrected chi connectivity index (χ0v) is 6.47. The molecule has 0 unspecified atom stereocenters. The van der Waals surface area contributed by atoms with Crippen molar-refractivity contribution in [1.82, 2.24) is 4.98 Å². The predicted molar refractivity (Wildman–Crippen MR) is 41.9 cm³/mol. The predicted octanol–water partition coefficient (Wildman–Crippen LogP) is 1.07. The van der Waals surface area contributed by atoms with Gasteiger partial charge in [-0.15, -0.1) is 0 Å². The summed E-state index contributed by atoms with van der Waals surface area (Å²) in [5.41, 5.74) is 6.38. The van der Waals surface area contributed by atoms with Crippen molar-refractivity contribution in [2.24, 2.45) is 5.73 Å². The van der Waals surface area contributed by atoms with Crippen LogP contribution >= 0.6 is 11.6 Å². The first kappa shape index (κ1) is 7.99. The topological polar surface area (TPSA) is 62.7 Å². The fourth-order valence-electron chi connectivity index (χ4n) is 0.678. The van der Waals surface area contributed by atoms with Gasteiger partial charge in [-0.2, -0.15) is 5.26 Å². The molecule has 1 aromatic rings. The Kier molecular flexibility index (Phi) is 2.42. The minimum atomic E-state index is 0.296. The molecule has 0 aliphatic carbocycles. The lowest BCUT2D eigenvalue weighted by Crippen LogP contribution is -2.00. The van der Waals surface area contributed by atoms with Crippen molar-refractivity contribution in [3.63, 3.8) is 0 Å². The van der Waals surface area contributed by atoms with Crippen molar-refractivity contribution in [3.05, 3.63) is 28.5 Å². The Hall–Kier alpha value is -1.11. The maximum absolute atomic E-state index is 8.45. The van der Waals surface area contributed by atoms with Crippen molar-refractivity contribution in [3.8, 4) is 6.07 Å². The highest BCUT2D eigenvalue weighted by molar-refractivity contribution is 6.31. The molecule has 1 heterocycles. The summed E-state index contributed by atoms with van der Waals surface area (Å²) >= 11 is 5.71. The molecule has 0 atom stereocenters. The number of nitriles is 1. The van der Waals surface area contributed by atoms with Crippen LogP contribution in [0.5, 0.6) is 0 Å². The van der Waals surface area contributed by atoms with Gasteiger partial charge in [-0.05, 0) is 6.07 Å². The zero-order chi connectivity index (χ0) is 8.27. The minimum absolute atomic E-state index is 0.296. The first-order valence-corrected chi connectivity index (χ1v) is 3.40. The summed E-state index contributed by atoms with van der Waals surface area (Å²) in [5, 5.41) is 8.90. The Morgan fingerprint density at radius 2 is 2.45 bits per heavy atom. The van der Waals surface area contributed by atoms with Gasteiger partial charge in [0, 0.05) is 12.7 Å². The van der Waals surface area contributed by atoms with Gasteiger partial charge in [0.05, 0.1) is 16.3 Å². The fourth-order valence-corrected chi connectivity index (χ4v) is 0.921. The second-order valence-corrected chi connectivity index (χ2v) is 2.38. The molecular formula is C7H6ClN3. The van der Waals surface area contributed by atoms with Crippen LogP contribution in [0.3, 0.4) is 0 Å². The molecule has 0 amide bonds. The molecule has 11 heavy (non-hydrogen) atoms. The van der Waals surface area contributed by atoms with Crippen molar-refractivity contribution in [2.45, 2.75) is 6.54 Å². The summed E-state index contributed by atoms with van der Waals surface area (Å²) in [5.74, 6) is 0. The van der Waals surface area contributed by atoms with E-state index in [1.807, 2.05) is 6.07 Å². The quantitative estimate of drug-likeness (QED) is 0.681. The zero-order valence-electron chi connectivity index (χ0n) is 5.71. The summed E-state index contributed by atoms with van der Waals surface area (Å²) in [6, 6.07) is 3.48. The van der Waals surface area contributed by atoms with E-state index in [0.29, 0.717) is 22.8 Å². The van der Waals surface area contributed by atoms with E-state index in [2.05, 4.69) is 4.98 Å². The second kappa shape index (κ2) is 3.33. The summed E-state index contributed by atoms with van der Waals surface area (Å²) in [4.78, 5) is 3.89. The molecule has 0 aliphatic rings. The average molecular weight is 168 g/mol. The molecule has 0 radical (unpaired) electrons. The fraction of sp³-hybridized carbons (Fsp3) is 0.143. The minimum Gasteiger partial charge on any atom is -0.325 e. The number of halogens is 1. The van der Waals surface area contributed by atoms with Gasteiger partial charge in [0.15, 0.2) is 0 Å². The van der Waals surface area contributed by atoms with Gasteiger partial charge in [-0.3, -0.25) is 4.98 Å². The number of rotatable bonds is 1. The normalized spacial score (nSPS) is 9.18. The van der Waals surface area contributed by atoms with Crippen LogP contribution in [-0.2, 0) is 6.54 Å². The first-order chi connectivity index (χ1) is 5.27. The van der Waals surface area contributed by atoms with Gasteiger partial charge >= 0.3 is 0 Å². The smallest absolute Gasteiger partial charge is 0.101 e. The van der Waals surface area contributed by atoms with Crippen LogP contribution in [0.15, 0.2) is 12.3 Å². The number of nitrogens with two attached hydrogens (primary N) is 1. The highest BCUT2D eigenvalue weighted by Gasteiger charge is 1.99. The monoisotopic (exact) mass is 167 g/mol. The molecule has 3 nitrogen and oxygen atoms in total. The molecule has 4 heteroatoms. The van der Waals surface area contributed by atoms with Gasteiger partial charge in [-0.1, -0.05) is 11.6 Å². The van der Waals surface area contributed by atoms with Crippen molar-refractivity contribution >= 4 is 11.6 Å². The molecular weight excluding hydrogens is 162 g/mol. The largest absolute Gasteiger partial charge is 0.325 e. The molecule has 0 bridgehead atoms. The summed E-state index contributed by atoms with van der Waals surface area (Å²) in [6.45, 7) is 0.296. The third kappa shape index (κ3) is 1.67. The number of hydrogen-bond donors (Lipinski definition) is 1. The van der Waals surface area contributed by atoms with Gasteiger partial charge in [0.2, 0.25) is 0 Å². The lowest BCUT2D eigenvalue weighted by molar-refractivity contribution is 0.988.